The maximum Gasteiger partial charge on any atom is 0.318 e. The first kappa shape index (κ1) is 17.6. The van der Waals surface area contributed by atoms with Crippen molar-refractivity contribution >= 4 is 6.03 Å². The minimum atomic E-state index is -0.0479. The van der Waals surface area contributed by atoms with Gasteiger partial charge >= 0.3 is 6.03 Å². The third-order valence-corrected chi connectivity index (χ3v) is 4.13. The number of amides is 2. The molecule has 1 saturated heterocycles. The highest BCUT2D eigenvalue weighted by atomic mass is 16.5. The molecule has 1 aliphatic heterocycles. The smallest absolute Gasteiger partial charge is 0.318 e. The number of nitrogens with one attached hydrogen (secondary N) is 1. The second-order valence-electron chi connectivity index (χ2n) is 5.92. The first-order chi connectivity index (χ1) is 11.1. The van der Waals surface area contributed by atoms with Crippen molar-refractivity contribution in [2.45, 2.75) is 19.0 Å². The van der Waals surface area contributed by atoms with Crippen molar-refractivity contribution in [3.63, 3.8) is 0 Å². The summed E-state index contributed by atoms with van der Waals surface area (Å²) in [6.07, 6.45) is 0.995. The van der Waals surface area contributed by atoms with Gasteiger partial charge in [-0.2, -0.15) is 0 Å². The van der Waals surface area contributed by atoms with Crippen LogP contribution in [-0.2, 0) is 11.3 Å². The molecule has 1 atom stereocenters. The molecule has 0 saturated carbocycles. The molecule has 6 nitrogen and oxygen atoms in total. The van der Waals surface area contributed by atoms with Crippen molar-refractivity contribution in [3.05, 3.63) is 29.8 Å². The van der Waals surface area contributed by atoms with Crippen LogP contribution < -0.4 is 10.1 Å². The minimum Gasteiger partial charge on any atom is -0.496 e. The highest BCUT2D eigenvalue weighted by molar-refractivity contribution is 5.74. The van der Waals surface area contributed by atoms with Crippen LogP contribution in [0.1, 0.15) is 12.0 Å². The van der Waals surface area contributed by atoms with Crippen molar-refractivity contribution in [1.29, 1.82) is 0 Å². The summed E-state index contributed by atoms with van der Waals surface area (Å²) in [5, 5.41) is 3.12. The van der Waals surface area contributed by atoms with E-state index in [2.05, 4.69) is 17.3 Å². The largest absolute Gasteiger partial charge is 0.496 e. The molecule has 128 valence electrons. The Balaban J connectivity index is 2.02. The van der Waals surface area contributed by atoms with Crippen LogP contribution in [0.2, 0.25) is 0 Å². The average molecular weight is 321 g/mol. The fourth-order valence-corrected chi connectivity index (χ4v) is 2.81. The molecule has 1 fully saturated rings. The van der Waals surface area contributed by atoms with Gasteiger partial charge in [-0.25, -0.2) is 4.79 Å². The topological polar surface area (TPSA) is 54.0 Å². The minimum absolute atomic E-state index is 0.0479. The van der Waals surface area contributed by atoms with Crippen LogP contribution in [0.3, 0.4) is 0 Å². The maximum atomic E-state index is 12.6. The Kier molecular flexibility index (Phi) is 6.67. The van der Waals surface area contributed by atoms with Crippen LogP contribution in [0.15, 0.2) is 24.3 Å². The molecule has 6 heteroatoms. The average Bonchev–Trinajstić information content (AvgIpc) is 2.96. The molecule has 0 aromatic heterocycles. The Morgan fingerprint density at radius 3 is 2.83 bits per heavy atom. The first-order valence-corrected chi connectivity index (χ1v) is 7.99. The van der Waals surface area contributed by atoms with E-state index < -0.39 is 0 Å². The zero-order valence-electron chi connectivity index (χ0n) is 14.2. The zero-order chi connectivity index (χ0) is 16.7. The van der Waals surface area contributed by atoms with E-state index in [0.29, 0.717) is 19.7 Å². The Bertz CT molecular complexity index is 510. The van der Waals surface area contributed by atoms with Gasteiger partial charge in [-0.05, 0) is 26.1 Å². The van der Waals surface area contributed by atoms with Crippen molar-refractivity contribution in [2.75, 3.05) is 47.5 Å². The summed E-state index contributed by atoms with van der Waals surface area (Å²) in [6, 6.07) is 7.94. The van der Waals surface area contributed by atoms with Gasteiger partial charge in [0.1, 0.15) is 5.75 Å². The number of benzene rings is 1. The molecule has 1 aromatic carbocycles. The lowest BCUT2D eigenvalue weighted by Crippen LogP contribution is -2.46. The molecule has 0 radical (unpaired) electrons. The summed E-state index contributed by atoms with van der Waals surface area (Å²) in [7, 11) is 5.36. The van der Waals surface area contributed by atoms with Crippen LogP contribution in [0, 0.1) is 0 Å². The number of likely N-dealkylation sites (tertiary alicyclic amines) is 1. The molecule has 1 unspecified atom stereocenters. The highest BCUT2D eigenvalue weighted by Gasteiger charge is 2.24. The third kappa shape index (κ3) is 5.11. The lowest BCUT2D eigenvalue weighted by molar-refractivity contribution is 0.144. The van der Waals surface area contributed by atoms with E-state index in [0.717, 1.165) is 30.8 Å². The summed E-state index contributed by atoms with van der Waals surface area (Å²) >= 11 is 0. The number of nitrogens with zero attached hydrogens (tertiary/aromatic N) is 2. The molecule has 1 aliphatic rings. The molecular formula is C17H27N3O3. The van der Waals surface area contributed by atoms with E-state index >= 15 is 0 Å². The van der Waals surface area contributed by atoms with Gasteiger partial charge in [0.2, 0.25) is 0 Å². The lowest BCUT2D eigenvalue weighted by atomic mass is 10.2. The van der Waals surface area contributed by atoms with Gasteiger partial charge in [0.25, 0.3) is 0 Å². The van der Waals surface area contributed by atoms with Crippen LogP contribution in [0.25, 0.3) is 0 Å². The van der Waals surface area contributed by atoms with E-state index in [4.69, 9.17) is 9.47 Å². The van der Waals surface area contributed by atoms with Crippen LogP contribution in [-0.4, -0.2) is 69.4 Å². The normalized spacial score (nSPS) is 18.0. The summed E-state index contributed by atoms with van der Waals surface area (Å²) in [5.41, 5.74) is 0.991. The first-order valence-electron chi connectivity index (χ1n) is 7.99. The second kappa shape index (κ2) is 8.74. The van der Waals surface area contributed by atoms with E-state index in [1.807, 2.05) is 24.3 Å². The van der Waals surface area contributed by atoms with Gasteiger partial charge in [0, 0.05) is 31.8 Å². The number of likely N-dealkylation sites (N-methyl/N-ethyl adjacent to an activating group) is 1. The van der Waals surface area contributed by atoms with Gasteiger partial charge < -0.3 is 24.6 Å². The van der Waals surface area contributed by atoms with Crippen molar-refractivity contribution < 1.29 is 14.3 Å². The van der Waals surface area contributed by atoms with Gasteiger partial charge in [0.15, 0.2) is 0 Å². The molecule has 23 heavy (non-hydrogen) atoms. The molecule has 1 N–H and O–H groups in total. The Labute approximate surface area is 138 Å². The Morgan fingerprint density at radius 1 is 1.39 bits per heavy atom. The Morgan fingerprint density at radius 2 is 2.17 bits per heavy atom. The monoisotopic (exact) mass is 321 g/mol. The number of carbonyl (C=O) groups excluding carboxylic acids is 1. The van der Waals surface area contributed by atoms with Crippen LogP contribution in [0.4, 0.5) is 4.79 Å². The Hall–Kier alpha value is -1.79. The molecule has 0 bridgehead atoms. The summed E-state index contributed by atoms with van der Waals surface area (Å²) < 4.78 is 10.5. The van der Waals surface area contributed by atoms with Crippen molar-refractivity contribution in [1.82, 2.24) is 15.1 Å². The number of rotatable bonds is 7. The molecular weight excluding hydrogens is 294 g/mol. The number of methoxy groups -OCH3 is 2. The predicted octanol–water partition coefficient (Wildman–Crippen LogP) is 1.56. The SMILES string of the molecule is COCCN(Cc1ccccc1OC)C(=O)NC1CCN(C)C1. The summed E-state index contributed by atoms with van der Waals surface area (Å²) in [5.74, 6) is 0.795. The van der Waals surface area contributed by atoms with Gasteiger partial charge in [-0.3, -0.25) is 0 Å². The highest BCUT2D eigenvalue weighted by Crippen LogP contribution is 2.19. The zero-order valence-corrected chi connectivity index (χ0v) is 14.2. The molecule has 1 heterocycles. The molecule has 0 aliphatic carbocycles. The number of hydrogen-bond acceptors (Lipinski definition) is 4. The predicted molar refractivity (Wildman–Crippen MR) is 89.7 cm³/mol. The quantitative estimate of drug-likeness (QED) is 0.828. The van der Waals surface area contributed by atoms with E-state index in [-0.39, 0.29) is 12.1 Å². The number of hydrogen-bond donors (Lipinski definition) is 1. The molecule has 2 amide bonds. The van der Waals surface area contributed by atoms with E-state index in [9.17, 15) is 4.79 Å². The fraction of sp³-hybridized carbons (Fsp3) is 0.588. The summed E-state index contributed by atoms with van der Waals surface area (Å²) in [6.45, 7) is 3.48. The second-order valence-corrected chi connectivity index (χ2v) is 5.92. The molecule has 2 rings (SSSR count). The van der Waals surface area contributed by atoms with Crippen molar-refractivity contribution in [3.8, 4) is 5.75 Å². The van der Waals surface area contributed by atoms with Crippen LogP contribution >= 0.6 is 0 Å². The standard InChI is InChI=1S/C17H27N3O3/c1-19-9-8-15(13-19)18-17(21)20(10-11-22-2)12-14-6-4-5-7-16(14)23-3/h4-7,15H,8-13H2,1-3H3,(H,18,21). The fourth-order valence-electron chi connectivity index (χ4n) is 2.81. The van der Waals surface area contributed by atoms with Crippen molar-refractivity contribution in [2.24, 2.45) is 0 Å². The lowest BCUT2D eigenvalue weighted by Gasteiger charge is -2.25. The van der Waals surface area contributed by atoms with Gasteiger partial charge in [-0.15, -0.1) is 0 Å². The number of para-hydroxylation sites is 1. The van der Waals surface area contributed by atoms with Gasteiger partial charge in [0.05, 0.1) is 20.3 Å². The molecule has 0 spiro atoms. The van der Waals surface area contributed by atoms with Crippen LogP contribution in [0.5, 0.6) is 5.75 Å². The third-order valence-electron chi connectivity index (χ3n) is 4.13. The van der Waals surface area contributed by atoms with E-state index in [1.54, 1.807) is 19.1 Å². The van der Waals surface area contributed by atoms with E-state index in [1.165, 1.54) is 0 Å². The number of urea groups is 1. The summed E-state index contributed by atoms with van der Waals surface area (Å²) in [4.78, 5) is 16.6. The molecule has 1 aromatic rings. The number of ether oxygens (including phenoxy) is 2. The maximum absolute atomic E-state index is 12.6. The number of carbonyl (C=O) groups is 1. The van der Waals surface area contributed by atoms with Gasteiger partial charge in [-0.1, -0.05) is 18.2 Å².